The van der Waals surface area contributed by atoms with Crippen LogP contribution in [0.3, 0.4) is 0 Å². The molecule has 0 saturated carbocycles. The molecule has 38 heavy (non-hydrogen) atoms. The number of esters is 1. The zero-order chi connectivity index (χ0) is 27.2. The molecule has 7 nitrogen and oxygen atoms in total. The number of ether oxygens (including phenoxy) is 1. The molecule has 0 radical (unpaired) electrons. The summed E-state index contributed by atoms with van der Waals surface area (Å²) >= 11 is 0. The van der Waals surface area contributed by atoms with Gasteiger partial charge < -0.3 is 20.3 Å². The van der Waals surface area contributed by atoms with Gasteiger partial charge in [-0.15, -0.1) is 6.58 Å². The van der Waals surface area contributed by atoms with E-state index < -0.39 is 24.1 Å². The molecule has 8 heteroatoms. The molecular weight excluding hydrogens is 485 g/mol. The number of nitrogens with two attached hydrogens (primary N) is 1. The molecule has 1 fully saturated rings. The molecular formula is C30H32FN3O4. The smallest absolute Gasteiger partial charge is 0.328 e. The van der Waals surface area contributed by atoms with Crippen molar-refractivity contribution in [3.05, 3.63) is 96.3 Å². The van der Waals surface area contributed by atoms with Crippen molar-refractivity contribution in [1.82, 2.24) is 9.80 Å². The molecule has 2 amide bonds. The molecule has 3 aromatic rings. The van der Waals surface area contributed by atoms with Crippen LogP contribution in [0.15, 0.2) is 79.4 Å². The molecule has 1 heterocycles. The van der Waals surface area contributed by atoms with Crippen molar-refractivity contribution in [1.29, 1.82) is 0 Å². The molecule has 1 saturated heterocycles. The Bertz CT molecular complexity index is 1330. The maximum Gasteiger partial charge on any atom is 0.328 e. The molecule has 1 unspecified atom stereocenters. The Morgan fingerprint density at radius 2 is 1.74 bits per heavy atom. The van der Waals surface area contributed by atoms with E-state index in [2.05, 4.69) is 6.58 Å². The van der Waals surface area contributed by atoms with Crippen LogP contribution in [0, 0.1) is 5.82 Å². The molecule has 0 bridgehead atoms. The average Bonchev–Trinajstić information content (AvgIpc) is 2.93. The van der Waals surface area contributed by atoms with E-state index in [1.165, 1.54) is 29.0 Å². The van der Waals surface area contributed by atoms with Crippen molar-refractivity contribution < 1.29 is 23.5 Å². The Kier molecular flexibility index (Phi) is 8.53. The number of carbonyl (C=O) groups is 3. The summed E-state index contributed by atoms with van der Waals surface area (Å²) in [6, 6.07) is 17.1. The van der Waals surface area contributed by atoms with Crippen LogP contribution in [0.2, 0.25) is 0 Å². The van der Waals surface area contributed by atoms with E-state index in [0.717, 1.165) is 21.9 Å². The maximum absolute atomic E-state index is 13.7. The van der Waals surface area contributed by atoms with Crippen molar-refractivity contribution in [3.63, 3.8) is 0 Å². The van der Waals surface area contributed by atoms with Crippen LogP contribution in [0.4, 0.5) is 4.39 Å². The predicted octanol–water partition coefficient (Wildman–Crippen LogP) is 3.25. The Morgan fingerprint density at radius 3 is 2.42 bits per heavy atom. The quantitative estimate of drug-likeness (QED) is 0.348. The Balaban J connectivity index is 1.53. The Labute approximate surface area is 221 Å². The highest BCUT2D eigenvalue weighted by Gasteiger charge is 2.42. The van der Waals surface area contributed by atoms with E-state index in [-0.39, 0.29) is 50.0 Å². The fraction of sp³-hybridized carbons (Fsp3) is 0.300. The van der Waals surface area contributed by atoms with Gasteiger partial charge in [0, 0.05) is 19.5 Å². The first-order valence-corrected chi connectivity index (χ1v) is 12.6. The number of hydrogen-bond donors (Lipinski definition) is 1. The Morgan fingerprint density at radius 1 is 1.05 bits per heavy atom. The van der Waals surface area contributed by atoms with E-state index in [1.807, 2.05) is 42.5 Å². The summed E-state index contributed by atoms with van der Waals surface area (Å²) in [5, 5.41) is 2.12. The fourth-order valence-electron chi connectivity index (χ4n) is 4.99. The summed E-state index contributed by atoms with van der Waals surface area (Å²) in [5.41, 5.74) is 7.84. The number of fused-ring (bicyclic) bond motifs is 1. The lowest BCUT2D eigenvalue weighted by Gasteiger charge is -2.43. The summed E-state index contributed by atoms with van der Waals surface area (Å²) in [6.07, 6.45) is 2.28. The number of rotatable bonds is 9. The number of nitrogens with zero attached hydrogens (tertiary/aromatic N) is 2. The minimum Gasteiger partial charge on any atom is -0.467 e. The van der Waals surface area contributed by atoms with Crippen LogP contribution in [0.25, 0.3) is 10.8 Å². The minimum absolute atomic E-state index is 0.162. The molecule has 4 rings (SSSR count). The molecule has 2 N–H and O–H groups in total. The van der Waals surface area contributed by atoms with Gasteiger partial charge in [0.15, 0.2) is 0 Å². The number of carbonyl (C=O) groups excluding carboxylic acids is 3. The molecule has 0 spiro atoms. The van der Waals surface area contributed by atoms with Gasteiger partial charge >= 0.3 is 5.97 Å². The highest BCUT2D eigenvalue weighted by molar-refractivity contribution is 5.93. The summed E-state index contributed by atoms with van der Waals surface area (Å²) in [4.78, 5) is 42.9. The van der Waals surface area contributed by atoms with Crippen LogP contribution < -0.4 is 5.73 Å². The van der Waals surface area contributed by atoms with E-state index >= 15 is 0 Å². The van der Waals surface area contributed by atoms with Gasteiger partial charge in [0.2, 0.25) is 11.8 Å². The normalized spacial score (nSPS) is 17.2. The SMILES string of the molecule is C=CC[C@H]1C(=O)N(C(Cc2ccc3ccccc3c2)C(=O)OC)CCN1C(=O)[C@H](N)Cc1ccc(F)cc1. The van der Waals surface area contributed by atoms with Crippen molar-refractivity contribution >= 4 is 28.6 Å². The van der Waals surface area contributed by atoms with Crippen LogP contribution in [0.5, 0.6) is 0 Å². The van der Waals surface area contributed by atoms with Gasteiger partial charge in [0.1, 0.15) is 17.9 Å². The third-order valence-corrected chi connectivity index (χ3v) is 6.98. The van der Waals surface area contributed by atoms with E-state index in [1.54, 1.807) is 18.2 Å². The van der Waals surface area contributed by atoms with Gasteiger partial charge in [-0.3, -0.25) is 9.59 Å². The van der Waals surface area contributed by atoms with Crippen molar-refractivity contribution in [2.75, 3.05) is 20.2 Å². The fourth-order valence-corrected chi connectivity index (χ4v) is 4.99. The number of amides is 2. The summed E-state index contributed by atoms with van der Waals surface area (Å²) in [5.74, 6) is -1.62. The molecule has 0 aromatic heterocycles. The van der Waals surface area contributed by atoms with Crippen LogP contribution >= 0.6 is 0 Å². The lowest BCUT2D eigenvalue weighted by atomic mass is 9.97. The van der Waals surface area contributed by atoms with Crippen LogP contribution in [-0.4, -0.2) is 65.9 Å². The number of piperazine rings is 1. The first-order valence-electron chi connectivity index (χ1n) is 12.6. The first kappa shape index (κ1) is 27.0. The third-order valence-electron chi connectivity index (χ3n) is 6.98. The second-order valence-electron chi connectivity index (χ2n) is 9.47. The highest BCUT2D eigenvalue weighted by Crippen LogP contribution is 2.23. The third kappa shape index (κ3) is 5.92. The van der Waals surface area contributed by atoms with Crippen molar-refractivity contribution in [3.8, 4) is 0 Å². The largest absolute Gasteiger partial charge is 0.467 e. The number of benzene rings is 3. The maximum atomic E-state index is 13.7. The van der Waals surface area contributed by atoms with Gasteiger partial charge in [-0.1, -0.05) is 60.7 Å². The van der Waals surface area contributed by atoms with Crippen LogP contribution in [-0.2, 0) is 32.0 Å². The lowest BCUT2D eigenvalue weighted by molar-refractivity contribution is -0.161. The van der Waals surface area contributed by atoms with E-state index in [4.69, 9.17) is 10.5 Å². The topological polar surface area (TPSA) is 92.9 Å². The van der Waals surface area contributed by atoms with Gasteiger partial charge in [0.05, 0.1) is 13.2 Å². The first-order chi connectivity index (χ1) is 18.3. The molecule has 1 aliphatic heterocycles. The standard InChI is InChI=1S/C30H32FN3O4/c1-3-6-26-29(36)34(16-15-33(26)28(35)25(32)18-20-10-13-24(31)14-11-20)27(30(37)38-2)19-21-9-12-22-7-4-5-8-23(22)17-21/h3-5,7-14,17,25-27H,1,6,15-16,18-19,32H2,2H3/t25-,26+,27?/m1/s1. The summed E-state index contributed by atoms with van der Waals surface area (Å²) in [6.45, 7) is 4.13. The van der Waals surface area contributed by atoms with Crippen molar-refractivity contribution in [2.24, 2.45) is 5.73 Å². The number of methoxy groups -OCH3 is 1. The van der Waals surface area contributed by atoms with Gasteiger partial charge in [-0.2, -0.15) is 0 Å². The van der Waals surface area contributed by atoms with Crippen LogP contribution in [0.1, 0.15) is 17.5 Å². The zero-order valence-corrected chi connectivity index (χ0v) is 21.4. The van der Waals surface area contributed by atoms with E-state index in [0.29, 0.717) is 0 Å². The zero-order valence-electron chi connectivity index (χ0n) is 21.4. The van der Waals surface area contributed by atoms with Gasteiger partial charge in [-0.05, 0) is 46.9 Å². The molecule has 198 valence electrons. The second-order valence-corrected chi connectivity index (χ2v) is 9.47. The monoisotopic (exact) mass is 517 g/mol. The minimum atomic E-state index is -0.902. The second kappa shape index (κ2) is 12.0. The molecule has 0 aliphatic carbocycles. The summed E-state index contributed by atoms with van der Waals surface area (Å²) in [7, 11) is 1.30. The molecule has 3 aromatic carbocycles. The average molecular weight is 518 g/mol. The summed E-state index contributed by atoms with van der Waals surface area (Å²) < 4.78 is 18.3. The predicted molar refractivity (Wildman–Crippen MR) is 144 cm³/mol. The van der Waals surface area contributed by atoms with E-state index in [9.17, 15) is 18.8 Å². The number of halogens is 1. The Hall–Kier alpha value is -4.04. The lowest BCUT2D eigenvalue weighted by Crippen LogP contribution is -2.64. The number of hydrogen-bond acceptors (Lipinski definition) is 5. The van der Waals surface area contributed by atoms with Gasteiger partial charge in [-0.25, -0.2) is 9.18 Å². The molecule has 3 atom stereocenters. The van der Waals surface area contributed by atoms with Gasteiger partial charge in [0.25, 0.3) is 0 Å². The highest BCUT2D eigenvalue weighted by atomic mass is 19.1. The van der Waals surface area contributed by atoms with Crippen molar-refractivity contribution in [2.45, 2.75) is 37.4 Å². The molecule has 1 aliphatic rings.